The van der Waals surface area contributed by atoms with Crippen LogP contribution in [0.1, 0.15) is 40.0 Å². The van der Waals surface area contributed by atoms with Gasteiger partial charge in [-0.15, -0.1) is 0 Å². The van der Waals surface area contributed by atoms with E-state index in [1.165, 1.54) is 32.4 Å². The number of hydrogen-bond acceptors (Lipinski definition) is 1. The maximum Gasteiger partial charge on any atom is 0.0100 e. The first kappa shape index (κ1) is 8.55. The van der Waals surface area contributed by atoms with Crippen LogP contribution >= 0.6 is 0 Å². The van der Waals surface area contributed by atoms with Gasteiger partial charge in [-0.1, -0.05) is 13.8 Å². The van der Waals surface area contributed by atoms with Crippen LogP contribution in [0, 0.1) is 11.3 Å². The van der Waals surface area contributed by atoms with Gasteiger partial charge in [0.15, 0.2) is 0 Å². The summed E-state index contributed by atoms with van der Waals surface area (Å²) in [5.74, 6) is 0.982. The van der Waals surface area contributed by atoms with Crippen molar-refractivity contribution in [3.8, 4) is 0 Å². The van der Waals surface area contributed by atoms with Crippen molar-refractivity contribution in [2.45, 2.75) is 46.1 Å². The SMILES string of the molecule is CC(C1CC1(C)C)N1CCCC1. The molecule has 2 rings (SSSR count). The molecular weight excluding hydrogens is 146 g/mol. The molecule has 1 nitrogen and oxygen atoms in total. The van der Waals surface area contributed by atoms with E-state index >= 15 is 0 Å². The average Bonchev–Trinajstić information content (AvgIpc) is 2.56. The standard InChI is InChI=1S/C11H21N/c1-9(10-8-11(10,2)3)12-6-4-5-7-12/h9-10H,4-8H2,1-3H3. The summed E-state index contributed by atoms with van der Waals surface area (Å²) >= 11 is 0. The van der Waals surface area contributed by atoms with E-state index in [0.29, 0.717) is 5.41 Å². The van der Waals surface area contributed by atoms with Gasteiger partial charge in [0.2, 0.25) is 0 Å². The third-order valence-electron chi connectivity index (χ3n) is 3.89. The second-order valence-corrected chi connectivity index (χ2v) is 5.28. The number of rotatable bonds is 2. The smallest absolute Gasteiger partial charge is 0.0100 e. The highest BCUT2D eigenvalue weighted by molar-refractivity contribution is 5.01. The molecule has 2 unspecified atom stereocenters. The minimum absolute atomic E-state index is 0.655. The number of hydrogen-bond donors (Lipinski definition) is 0. The fraction of sp³-hybridized carbons (Fsp3) is 1.00. The molecule has 0 aromatic heterocycles. The van der Waals surface area contributed by atoms with Crippen molar-refractivity contribution in [2.24, 2.45) is 11.3 Å². The van der Waals surface area contributed by atoms with Crippen molar-refractivity contribution in [1.29, 1.82) is 0 Å². The Morgan fingerprint density at radius 1 is 1.25 bits per heavy atom. The molecule has 1 heterocycles. The second-order valence-electron chi connectivity index (χ2n) is 5.28. The second kappa shape index (κ2) is 2.73. The predicted molar refractivity (Wildman–Crippen MR) is 52.2 cm³/mol. The van der Waals surface area contributed by atoms with E-state index < -0.39 is 0 Å². The molecule has 0 aromatic carbocycles. The molecule has 1 aliphatic heterocycles. The van der Waals surface area contributed by atoms with Crippen LogP contribution in [0.5, 0.6) is 0 Å². The van der Waals surface area contributed by atoms with Gasteiger partial charge >= 0.3 is 0 Å². The molecule has 0 aromatic rings. The molecule has 1 aliphatic carbocycles. The van der Waals surface area contributed by atoms with Crippen LogP contribution in [0.2, 0.25) is 0 Å². The van der Waals surface area contributed by atoms with Crippen molar-refractivity contribution < 1.29 is 0 Å². The third kappa shape index (κ3) is 1.39. The molecule has 1 saturated carbocycles. The van der Waals surface area contributed by atoms with Crippen LogP contribution in [0.25, 0.3) is 0 Å². The van der Waals surface area contributed by atoms with Crippen LogP contribution in [0.3, 0.4) is 0 Å². The summed E-state index contributed by atoms with van der Waals surface area (Å²) in [4.78, 5) is 2.68. The van der Waals surface area contributed by atoms with Crippen LogP contribution in [-0.2, 0) is 0 Å². The highest BCUT2D eigenvalue weighted by Crippen LogP contribution is 2.54. The monoisotopic (exact) mass is 167 g/mol. The molecule has 2 atom stereocenters. The zero-order chi connectivity index (χ0) is 8.77. The minimum Gasteiger partial charge on any atom is -0.300 e. The van der Waals surface area contributed by atoms with Gasteiger partial charge in [-0.2, -0.15) is 0 Å². The normalized spacial score (nSPS) is 36.8. The molecule has 0 radical (unpaired) electrons. The van der Waals surface area contributed by atoms with Gasteiger partial charge < -0.3 is 4.90 Å². The van der Waals surface area contributed by atoms with Crippen molar-refractivity contribution in [2.75, 3.05) is 13.1 Å². The highest BCUT2D eigenvalue weighted by Gasteiger charge is 2.50. The van der Waals surface area contributed by atoms with E-state index in [2.05, 4.69) is 25.7 Å². The maximum atomic E-state index is 2.68. The van der Waals surface area contributed by atoms with Crippen LogP contribution in [0.4, 0.5) is 0 Å². The van der Waals surface area contributed by atoms with Gasteiger partial charge in [-0.3, -0.25) is 0 Å². The lowest BCUT2D eigenvalue weighted by molar-refractivity contribution is 0.218. The lowest BCUT2D eigenvalue weighted by atomic mass is 10.0. The minimum atomic E-state index is 0.655. The molecule has 0 spiro atoms. The molecule has 0 bridgehead atoms. The van der Waals surface area contributed by atoms with E-state index in [4.69, 9.17) is 0 Å². The Labute approximate surface area is 76.1 Å². The van der Waals surface area contributed by atoms with E-state index in [-0.39, 0.29) is 0 Å². The molecule has 1 saturated heterocycles. The Balaban J connectivity index is 1.88. The first-order chi connectivity index (χ1) is 5.61. The summed E-state index contributed by atoms with van der Waals surface area (Å²) < 4.78 is 0. The van der Waals surface area contributed by atoms with Crippen molar-refractivity contribution in [3.05, 3.63) is 0 Å². The zero-order valence-corrected chi connectivity index (χ0v) is 8.64. The first-order valence-electron chi connectivity index (χ1n) is 5.35. The zero-order valence-electron chi connectivity index (χ0n) is 8.64. The first-order valence-corrected chi connectivity index (χ1v) is 5.35. The summed E-state index contributed by atoms with van der Waals surface area (Å²) in [6.07, 6.45) is 4.31. The third-order valence-corrected chi connectivity index (χ3v) is 3.89. The molecule has 2 aliphatic rings. The Morgan fingerprint density at radius 2 is 1.75 bits per heavy atom. The molecule has 1 heteroatoms. The lowest BCUT2D eigenvalue weighted by Gasteiger charge is -2.25. The van der Waals surface area contributed by atoms with Crippen LogP contribution < -0.4 is 0 Å². The summed E-state index contributed by atoms with van der Waals surface area (Å²) in [7, 11) is 0. The quantitative estimate of drug-likeness (QED) is 0.611. The Morgan fingerprint density at radius 3 is 2.17 bits per heavy atom. The van der Waals surface area contributed by atoms with Gasteiger partial charge in [0.1, 0.15) is 0 Å². The Bertz CT molecular complexity index is 163. The largest absolute Gasteiger partial charge is 0.300 e. The summed E-state index contributed by atoms with van der Waals surface area (Å²) in [6.45, 7) is 9.95. The molecule has 2 fully saturated rings. The molecule has 0 N–H and O–H groups in total. The van der Waals surface area contributed by atoms with Gasteiger partial charge in [-0.25, -0.2) is 0 Å². The summed E-state index contributed by atoms with van der Waals surface area (Å²) in [5, 5.41) is 0. The number of likely N-dealkylation sites (tertiary alicyclic amines) is 1. The van der Waals surface area contributed by atoms with Gasteiger partial charge in [0, 0.05) is 6.04 Å². The van der Waals surface area contributed by atoms with Crippen molar-refractivity contribution >= 4 is 0 Å². The highest BCUT2D eigenvalue weighted by atomic mass is 15.2. The average molecular weight is 167 g/mol. The van der Waals surface area contributed by atoms with E-state index in [1.807, 2.05) is 0 Å². The predicted octanol–water partition coefficient (Wildman–Crippen LogP) is 2.52. The molecular formula is C11H21N. The van der Waals surface area contributed by atoms with E-state index in [1.54, 1.807) is 0 Å². The lowest BCUT2D eigenvalue weighted by Crippen LogP contribution is -2.32. The van der Waals surface area contributed by atoms with E-state index in [9.17, 15) is 0 Å². The fourth-order valence-corrected chi connectivity index (χ4v) is 2.73. The fourth-order valence-electron chi connectivity index (χ4n) is 2.73. The van der Waals surface area contributed by atoms with E-state index in [0.717, 1.165) is 12.0 Å². The van der Waals surface area contributed by atoms with Gasteiger partial charge in [0.05, 0.1) is 0 Å². The van der Waals surface area contributed by atoms with Crippen LogP contribution in [-0.4, -0.2) is 24.0 Å². The van der Waals surface area contributed by atoms with Crippen molar-refractivity contribution in [1.82, 2.24) is 4.90 Å². The van der Waals surface area contributed by atoms with Crippen molar-refractivity contribution in [3.63, 3.8) is 0 Å². The Kier molecular flexibility index (Phi) is 1.95. The van der Waals surface area contributed by atoms with Gasteiger partial charge in [0.25, 0.3) is 0 Å². The molecule has 12 heavy (non-hydrogen) atoms. The maximum absolute atomic E-state index is 2.68. The number of nitrogens with zero attached hydrogens (tertiary/aromatic N) is 1. The summed E-state index contributed by atoms with van der Waals surface area (Å²) in [6, 6.07) is 0.850. The molecule has 70 valence electrons. The van der Waals surface area contributed by atoms with Gasteiger partial charge in [-0.05, 0) is 50.6 Å². The van der Waals surface area contributed by atoms with Crippen LogP contribution in [0.15, 0.2) is 0 Å². The molecule has 0 amide bonds. The summed E-state index contributed by atoms with van der Waals surface area (Å²) in [5.41, 5.74) is 0.655. The Hall–Kier alpha value is -0.0400. The topological polar surface area (TPSA) is 3.24 Å².